The number of hydrogen-bond donors (Lipinski definition) is 1. The maximum Gasteiger partial charge on any atom is 0.142 e. The Morgan fingerprint density at radius 2 is 2.00 bits per heavy atom. The van der Waals surface area contributed by atoms with Gasteiger partial charge in [0.05, 0.1) is 19.9 Å². The van der Waals surface area contributed by atoms with Crippen LogP contribution in [-0.2, 0) is 0 Å². The van der Waals surface area contributed by atoms with Gasteiger partial charge >= 0.3 is 0 Å². The summed E-state index contributed by atoms with van der Waals surface area (Å²) in [7, 11) is 3.38. The van der Waals surface area contributed by atoms with Crippen LogP contribution in [0.25, 0.3) is 0 Å². The van der Waals surface area contributed by atoms with E-state index in [0.29, 0.717) is 6.04 Å². The van der Waals surface area contributed by atoms with Gasteiger partial charge in [0.15, 0.2) is 0 Å². The van der Waals surface area contributed by atoms with Crippen molar-refractivity contribution in [2.45, 2.75) is 32.2 Å². The zero-order chi connectivity index (χ0) is 12.3. The molecule has 2 rings (SSSR count). The largest absolute Gasteiger partial charge is 0.497 e. The molecular weight excluding hydrogens is 214 g/mol. The minimum Gasteiger partial charge on any atom is -0.497 e. The summed E-state index contributed by atoms with van der Waals surface area (Å²) < 4.78 is 10.6. The van der Waals surface area contributed by atoms with Crippen molar-refractivity contribution in [3.8, 4) is 11.5 Å². The number of anilines is 1. The molecule has 2 unspecified atom stereocenters. The zero-order valence-corrected chi connectivity index (χ0v) is 10.8. The molecule has 0 amide bonds. The van der Waals surface area contributed by atoms with Crippen LogP contribution in [0.1, 0.15) is 26.2 Å². The van der Waals surface area contributed by atoms with Crippen molar-refractivity contribution in [1.29, 1.82) is 0 Å². The first-order valence-corrected chi connectivity index (χ1v) is 6.23. The first kappa shape index (κ1) is 12.1. The van der Waals surface area contributed by atoms with Gasteiger partial charge < -0.3 is 14.8 Å². The van der Waals surface area contributed by atoms with Crippen molar-refractivity contribution in [3.63, 3.8) is 0 Å². The third kappa shape index (κ3) is 2.65. The first-order chi connectivity index (χ1) is 8.24. The summed E-state index contributed by atoms with van der Waals surface area (Å²) in [6.45, 7) is 2.30. The van der Waals surface area contributed by atoms with E-state index in [9.17, 15) is 0 Å². The Balaban J connectivity index is 2.17. The van der Waals surface area contributed by atoms with Gasteiger partial charge in [0.25, 0.3) is 0 Å². The molecule has 94 valence electrons. The summed E-state index contributed by atoms with van der Waals surface area (Å²) in [5.74, 6) is 2.47. The molecule has 17 heavy (non-hydrogen) atoms. The predicted molar refractivity (Wildman–Crippen MR) is 70.0 cm³/mol. The highest BCUT2D eigenvalue weighted by Gasteiger charge is 2.23. The van der Waals surface area contributed by atoms with Gasteiger partial charge in [0.2, 0.25) is 0 Å². The first-order valence-electron chi connectivity index (χ1n) is 6.23. The summed E-state index contributed by atoms with van der Waals surface area (Å²) >= 11 is 0. The number of benzene rings is 1. The van der Waals surface area contributed by atoms with Gasteiger partial charge in [-0.15, -0.1) is 0 Å². The van der Waals surface area contributed by atoms with Crippen LogP contribution in [0.15, 0.2) is 18.2 Å². The van der Waals surface area contributed by atoms with Crippen molar-refractivity contribution in [1.82, 2.24) is 0 Å². The molecule has 0 saturated heterocycles. The molecule has 0 aliphatic heterocycles. The highest BCUT2D eigenvalue weighted by atomic mass is 16.5. The minimum absolute atomic E-state index is 0.552. The van der Waals surface area contributed by atoms with Gasteiger partial charge in [-0.2, -0.15) is 0 Å². The van der Waals surface area contributed by atoms with Crippen molar-refractivity contribution >= 4 is 5.69 Å². The van der Waals surface area contributed by atoms with E-state index >= 15 is 0 Å². The van der Waals surface area contributed by atoms with E-state index in [-0.39, 0.29) is 0 Å². The summed E-state index contributed by atoms with van der Waals surface area (Å²) in [6, 6.07) is 6.42. The monoisotopic (exact) mass is 235 g/mol. The fourth-order valence-electron chi connectivity index (χ4n) is 2.49. The van der Waals surface area contributed by atoms with Gasteiger partial charge in [-0.25, -0.2) is 0 Å². The van der Waals surface area contributed by atoms with Crippen LogP contribution in [0.3, 0.4) is 0 Å². The van der Waals surface area contributed by atoms with Crippen LogP contribution in [-0.4, -0.2) is 20.3 Å². The van der Waals surface area contributed by atoms with Crippen molar-refractivity contribution < 1.29 is 9.47 Å². The van der Waals surface area contributed by atoms with E-state index in [4.69, 9.17) is 9.47 Å². The van der Waals surface area contributed by atoms with Gasteiger partial charge in [-0.05, 0) is 30.9 Å². The molecular formula is C14H21NO2. The number of hydrogen-bond acceptors (Lipinski definition) is 3. The predicted octanol–water partition coefficient (Wildman–Crippen LogP) is 3.30. The topological polar surface area (TPSA) is 30.5 Å². The maximum absolute atomic E-state index is 5.37. The highest BCUT2D eigenvalue weighted by Crippen LogP contribution is 2.34. The smallest absolute Gasteiger partial charge is 0.142 e. The molecule has 0 radical (unpaired) electrons. The molecule has 1 N–H and O–H groups in total. The Kier molecular flexibility index (Phi) is 3.77. The molecule has 0 spiro atoms. The Labute approximate surface area is 103 Å². The Hall–Kier alpha value is -1.38. The molecule has 3 heteroatoms. The quantitative estimate of drug-likeness (QED) is 0.868. The maximum atomic E-state index is 5.37. The average Bonchev–Trinajstić information content (AvgIpc) is 2.75. The minimum atomic E-state index is 0.552. The number of ether oxygens (including phenoxy) is 2. The molecule has 3 nitrogen and oxygen atoms in total. The third-order valence-electron chi connectivity index (χ3n) is 3.61. The van der Waals surface area contributed by atoms with E-state index in [2.05, 4.69) is 12.2 Å². The normalized spacial score (nSPS) is 23.5. The zero-order valence-electron chi connectivity index (χ0n) is 10.8. The highest BCUT2D eigenvalue weighted by molar-refractivity contribution is 5.60. The number of methoxy groups -OCH3 is 2. The number of nitrogens with one attached hydrogen (secondary N) is 1. The fourth-order valence-corrected chi connectivity index (χ4v) is 2.49. The van der Waals surface area contributed by atoms with Crippen molar-refractivity contribution in [2.24, 2.45) is 5.92 Å². The van der Waals surface area contributed by atoms with Gasteiger partial charge in [0.1, 0.15) is 11.5 Å². The van der Waals surface area contributed by atoms with E-state index in [1.807, 2.05) is 18.2 Å². The van der Waals surface area contributed by atoms with E-state index < -0.39 is 0 Å². The Morgan fingerprint density at radius 1 is 1.18 bits per heavy atom. The summed E-state index contributed by atoms with van der Waals surface area (Å²) in [6.07, 6.45) is 3.86. The molecule has 0 bridgehead atoms. The second-order valence-electron chi connectivity index (χ2n) is 4.73. The molecule has 1 aliphatic rings. The standard InChI is InChI=1S/C14H21NO2/c1-10-5-4-6-12(10)15-13-9-11(16-2)7-8-14(13)17-3/h7-10,12,15H,4-6H2,1-3H3. The SMILES string of the molecule is COc1ccc(OC)c(NC2CCCC2C)c1. The summed E-state index contributed by atoms with van der Waals surface area (Å²) in [5.41, 5.74) is 1.03. The molecule has 2 atom stereocenters. The molecule has 0 aromatic heterocycles. The second kappa shape index (κ2) is 5.30. The van der Waals surface area contributed by atoms with E-state index in [1.165, 1.54) is 19.3 Å². The molecule has 1 fully saturated rings. The number of rotatable bonds is 4. The van der Waals surface area contributed by atoms with Crippen LogP contribution in [0.4, 0.5) is 5.69 Å². The van der Waals surface area contributed by atoms with Crippen LogP contribution < -0.4 is 14.8 Å². The van der Waals surface area contributed by atoms with Crippen molar-refractivity contribution in [2.75, 3.05) is 19.5 Å². The summed E-state index contributed by atoms with van der Waals surface area (Å²) in [4.78, 5) is 0. The van der Waals surface area contributed by atoms with Crippen LogP contribution in [0.2, 0.25) is 0 Å². The lowest BCUT2D eigenvalue weighted by Crippen LogP contribution is -2.22. The van der Waals surface area contributed by atoms with Gasteiger partial charge in [-0.1, -0.05) is 13.3 Å². The van der Waals surface area contributed by atoms with Crippen LogP contribution >= 0.6 is 0 Å². The second-order valence-corrected chi connectivity index (χ2v) is 4.73. The molecule has 1 aromatic carbocycles. The summed E-state index contributed by atoms with van der Waals surface area (Å²) in [5, 5.41) is 3.58. The Morgan fingerprint density at radius 3 is 2.59 bits per heavy atom. The average molecular weight is 235 g/mol. The molecule has 1 aromatic rings. The van der Waals surface area contributed by atoms with E-state index in [1.54, 1.807) is 14.2 Å². The van der Waals surface area contributed by atoms with Gasteiger partial charge in [-0.3, -0.25) is 0 Å². The van der Waals surface area contributed by atoms with Crippen LogP contribution in [0, 0.1) is 5.92 Å². The third-order valence-corrected chi connectivity index (χ3v) is 3.61. The lowest BCUT2D eigenvalue weighted by molar-refractivity contribution is 0.403. The Bertz CT molecular complexity index is 378. The molecule has 0 heterocycles. The van der Waals surface area contributed by atoms with Crippen LogP contribution in [0.5, 0.6) is 11.5 Å². The van der Waals surface area contributed by atoms with Gasteiger partial charge in [0, 0.05) is 12.1 Å². The van der Waals surface area contributed by atoms with E-state index in [0.717, 1.165) is 23.1 Å². The fraction of sp³-hybridized carbons (Fsp3) is 0.571. The lowest BCUT2D eigenvalue weighted by atomic mass is 10.1. The van der Waals surface area contributed by atoms with Crippen molar-refractivity contribution in [3.05, 3.63) is 18.2 Å². The molecule has 1 saturated carbocycles. The lowest BCUT2D eigenvalue weighted by Gasteiger charge is -2.20. The molecule has 1 aliphatic carbocycles.